The molecule has 1 aliphatic heterocycles. The number of carbonyl (C=O) groups is 2. The Morgan fingerprint density at radius 3 is 2.86 bits per heavy atom. The number of hydrogen-bond donors (Lipinski definition) is 2. The number of benzene rings is 1. The van der Waals surface area contributed by atoms with E-state index in [4.69, 9.17) is 5.73 Å². The lowest BCUT2D eigenvalue weighted by Crippen LogP contribution is -2.18. The Kier molecular flexibility index (Phi) is 2.79. The summed E-state index contributed by atoms with van der Waals surface area (Å²) < 4.78 is 1.30. The van der Waals surface area contributed by atoms with Crippen LogP contribution in [-0.4, -0.2) is 21.6 Å². The van der Waals surface area contributed by atoms with Crippen LogP contribution in [0.1, 0.15) is 40.0 Å². The fourth-order valence-corrected chi connectivity index (χ4v) is 3.30. The third-order valence-electron chi connectivity index (χ3n) is 4.41. The van der Waals surface area contributed by atoms with Gasteiger partial charge in [0.1, 0.15) is 5.82 Å². The number of nitrogens with zero attached hydrogens (tertiary/aromatic N) is 2. The Bertz CT molecular complexity index is 807. The highest BCUT2D eigenvalue weighted by Gasteiger charge is 2.27. The van der Waals surface area contributed by atoms with Crippen molar-refractivity contribution in [3.8, 4) is 0 Å². The van der Waals surface area contributed by atoms with Gasteiger partial charge in [-0.15, -0.1) is 0 Å². The number of nitrogens with two attached hydrogens (primary N) is 1. The molecular formula is C16H16N4O2. The molecule has 0 saturated heterocycles. The van der Waals surface area contributed by atoms with Crippen LogP contribution in [0.2, 0.25) is 0 Å². The third kappa shape index (κ3) is 1.83. The summed E-state index contributed by atoms with van der Waals surface area (Å²) in [4.78, 5) is 24.4. The van der Waals surface area contributed by atoms with Gasteiger partial charge < -0.3 is 11.1 Å². The maximum atomic E-state index is 12.8. The van der Waals surface area contributed by atoms with E-state index in [1.54, 1.807) is 18.2 Å². The molecule has 2 aliphatic rings. The number of anilines is 2. The average molecular weight is 296 g/mol. The van der Waals surface area contributed by atoms with Gasteiger partial charge in [0.25, 0.3) is 5.91 Å². The number of rotatable bonds is 1. The Balaban J connectivity index is 1.79. The zero-order valence-corrected chi connectivity index (χ0v) is 12.1. The number of aryl methyl sites for hydroxylation is 1. The minimum Gasteiger partial charge on any atom is -0.383 e. The topological polar surface area (TPSA) is 90.0 Å². The number of nitrogens with one attached hydrogen (secondary N) is 1. The van der Waals surface area contributed by atoms with Gasteiger partial charge in [0, 0.05) is 16.8 Å². The second-order valence-corrected chi connectivity index (χ2v) is 5.79. The standard InChI is InChI=1S/C16H16N4O2/c17-15-10-4-1-2-6-13(10)19-20(15)16(22)9-5-3-7-12-11(9)8-14(21)18-12/h3,5,7H,1-2,4,6,8,17H2,(H,18,21). The second-order valence-electron chi connectivity index (χ2n) is 5.79. The molecule has 1 aromatic carbocycles. The van der Waals surface area contributed by atoms with Crippen LogP contribution < -0.4 is 11.1 Å². The molecule has 0 fully saturated rings. The second kappa shape index (κ2) is 4.69. The molecule has 6 heteroatoms. The van der Waals surface area contributed by atoms with Crippen LogP contribution in [0.4, 0.5) is 11.5 Å². The summed E-state index contributed by atoms with van der Waals surface area (Å²) in [7, 11) is 0. The molecule has 0 atom stereocenters. The number of hydrogen-bond acceptors (Lipinski definition) is 4. The number of nitrogen functional groups attached to an aromatic ring is 1. The van der Waals surface area contributed by atoms with Gasteiger partial charge in [-0.25, -0.2) is 0 Å². The smallest absolute Gasteiger partial charge is 0.280 e. The van der Waals surface area contributed by atoms with Crippen LogP contribution in [0.15, 0.2) is 18.2 Å². The van der Waals surface area contributed by atoms with Gasteiger partial charge in [0.05, 0.1) is 12.1 Å². The van der Waals surface area contributed by atoms with Gasteiger partial charge in [0.2, 0.25) is 5.91 Å². The van der Waals surface area contributed by atoms with Crippen molar-refractivity contribution in [2.75, 3.05) is 11.1 Å². The lowest BCUT2D eigenvalue weighted by molar-refractivity contribution is -0.115. The van der Waals surface area contributed by atoms with Gasteiger partial charge in [-0.05, 0) is 43.4 Å². The third-order valence-corrected chi connectivity index (χ3v) is 4.41. The molecule has 2 aromatic rings. The van der Waals surface area contributed by atoms with E-state index in [2.05, 4.69) is 10.4 Å². The Morgan fingerprint density at radius 2 is 2.05 bits per heavy atom. The summed E-state index contributed by atoms with van der Waals surface area (Å²) in [6.07, 6.45) is 4.12. The van der Waals surface area contributed by atoms with Crippen molar-refractivity contribution in [3.63, 3.8) is 0 Å². The number of carbonyl (C=O) groups excluding carboxylic acids is 2. The van der Waals surface area contributed by atoms with Gasteiger partial charge in [-0.2, -0.15) is 9.78 Å². The number of aromatic nitrogens is 2. The van der Waals surface area contributed by atoms with Crippen LogP contribution in [0.5, 0.6) is 0 Å². The fourth-order valence-electron chi connectivity index (χ4n) is 3.30. The summed E-state index contributed by atoms with van der Waals surface area (Å²) in [5, 5.41) is 7.16. The Labute approximate surface area is 127 Å². The zero-order valence-electron chi connectivity index (χ0n) is 12.1. The lowest BCUT2D eigenvalue weighted by atomic mass is 9.98. The van der Waals surface area contributed by atoms with E-state index in [0.29, 0.717) is 17.1 Å². The molecule has 2 heterocycles. The molecule has 0 spiro atoms. The van der Waals surface area contributed by atoms with Crippen LogP contribution in [-0.2, 0) is 24.1 Å². The van der Waals surface area contributed by atoms with E-state index in [1.165, 1.54) is 4.68 Å². The predicted octanol–water partition coefficient (Wildman–Crippen LogP) is 1.53. The summed E-state index contributed by atoms with van der Waals surface area (Å²) in [5.74, 6) is 0.0813. The molecule has 22 heavy (non-hydrogen) atoms. The Hall–Kier alpha value is -2.63. The molecule has 1 aliphatic carbocycles. The van der Waals surface area contributed by atoms with E-state index < -0.39 is 0 Å². The molecule has 112 valence electrons. The predicted molar refractivity (Wildman–Crippen MR) is 81.8 cm³/mol. The van der Waals surface area contributed by atoms with Crippen LogP contribution in [0, 0.1) is 0 Å². The van der Waals surface area contributed by atoms with Crippen molar-refractivity contribution in [1.29, 1.82) is 0 Å². The SMILES string of the molecule is Nc1c2c(nn1C(=O)c1cccc3c1CC(=O)N3)CCCC2. The van der Waals surface area contributed by atoms with Gasteiger partial charge in [0.15, 0.2) is 0 Å². The van der Waals surface area contributed by atoms with E-state index in [9.17, 15) is 9.59 Å². The number of amides is 1. The van der Waals surface area contributed by atoms with E-state index in [0.717, 1.165) is 42.5 Å². The minimum atomic E-state index is -0.264. The lowest BCUT2D eigenvalue weighted by Gasteiger charge is -2.09. The normalized spacial score (nSPS) is 16.1. The first-order chi connectivity index (χ1) is 10.6. The summed E-state index contributed by atoms with van der Waals surface area (Å²) in [6, 6.07) is 5.29. The van der Waals surface area contributed by atoms with Crippen molar-refractivity contribution in [1.82, 2.24) is 9.78 Å². The molecule has 1 aromatic heterocycles. The first kappa shape index (κ1) is 13.1. The first-order valence-corrected chi connectivity index (χ1v) is 7.48. The van der Waals surface area contributed by atoms with Crippen LogP contribution in [0.3, 0.4) is 0 Å². The van der Waals surface area contributed by atoms with Crippen molar-refractivity contribution in [2.24, 2.45) is 0 Å². The van der Waals surface area contributed by atoms with E-state index in [-0.39, 0.29) is 18.2 Å². The molecule has 0 saturated carbocycles. The largest absolute Gasteiger partial charge is 0.383 e. The highest BCUT2D eigenvalue weighted by Crippen LogP contribution is 2.29. The monoisotopic (exact) mass is 296 g/mol. The zero-order chi connectivity index (χ0) is 15.3. The van der Waals surface area contributed by atoms with Crippen molar-refractivity contribution >= 4 is 23.3 Å². The highest BCUT2D eigenvalue weighted by molar-refractivity contribution is 6.06. The van der Waals surface area contributed by atoms with Gasteiger partial charge in [-0.3, -0.25) is 9.59 Å². The number of fused-ring (bicyclic) bond motifs is 2. The van der Waals surface area contributed by atoms with Gasteiger partial charge in [-0.1, -0.05) is 6.07 Å². The maximum absolute atomic E-state index is 12.8. The molecule has 4 rings (SSSR count). The summed E-state index contributed by atoms with van der Waals surface area (Å²) >= 11 is 0. The molecule has 0 radical (unpaired) electrons. The van der Waals surface area contributed by atoms with Crippen LogP contribution in [0.25, 0.3) is 0 Å². The average Bonchev–Trinajstić information content (AvgIpc) is 3.06. The quantitative estimate of drug-likeness (QED) is 0.835. The molecule has 0 unspecified atom stereocenters. The molecule has 3 N–H and O–H groups in total. The molecular weight excluding hydrogens is 280 g/mol. The Morgan fingerprint density at radius 1 is 1.23 bits per heavy atom. The highest BCUT2D eigenvalue weighted by atomic mass is 16.2. The van der Waals surface area contributed by atoms with E-state index in [1.807, 2.05) is 0 Å². The van der Waals surface area contributed by atoms with Crippen LogP contribution >= 0.6 is 0 Å². The summed E-state index contributed by atoms with van der Waals surface area (Å²) in [5.41, 5.74) is 9.98. The summed E-state index contributed by atoms with van der Waals surface area (Å²) in [6.45, 7) is 0. The molecule has 6 nitrogen and oxygen atoms in total. The first-order valence-electron chi connectivity index (χ1n) is 7.48. The van der Waals surface area contributed by atoms with Crippen molar-refractivity contribution in [2.45, 2.75) is 32.1 Å². The van der Waals surface area contributed by atoms with Crippen molar-refractivity contribution in [3.05, 3.63) is 40.6 Å². The van der Waals surface area contributed by atoms with Crippen molar-refractivity contribution < 1.29 is 9.59 Å². The maximum Gasteiger partial charge on any atom is 0.280 e. The minimum absolute atomic E-state index is 0.0945. The van der Waals surface area contributed by atoms with E-state index >= 15 is 0 Å². The van der Waals surface area contributed by atoms with Gasteiger partial charge >= 0.3 is 0 Å². The molecule has 1 amide bonds. The fraction of sp³-hybridized carbons (Fsp3) is 0.312. The molecule has 0 bridgehead atoms.